The van der Waals surface area contributed by atoms with E-state index in [-0.39, 0.29) is 59.1 Å². The van der Waals surface area contributed by atoms with Crippen molar-refractivity contribution in [1.29, 1.82) is 5.26 Å². The number of rotatable bonds is 0. The fourth-order valence-electron chi connectivity index (χ4n) is 0.355. The number of hydrogen-bond acceptors (Lipinski definition) is 5. The Kier molecular flexibility index (Phi) is 9.59. The molecule has 0 radical (unpaired) electrons. The molecule has 1 aromatic heterocycles. The fraction of sp³-hybridized carbons (Fsp3) is 0. The third-order valence-corrected chi connectivity index (χ3v) is 2.22. The monoisotopic (exact) mass is 218 g/mol. The average Bonchev–Trinajstić information content (AvgIpc) is 2.12. The van der Waals surface area contributed by atoms with Crippen LogP contribution in [0.15, 0.2) is 9.24 Å². The van der Waals surface area contributed by atoms with Crippen LogP contribution in [0.25, 0.3) is 0 Å². The zero-order valence-corrected chi connectivity index (χ0v) is 12.6. The third kappa shape index (κ3) is 3.85. The van der Waals surface area contributed by atoms with Gasteiger partial charge < -0.3 is 29.6 Å². The second-order valence-electron chi connectivity index (χ2n) is 1.26. The summed E-state index contributed by atoms with van der Waals surface area (Å²) < 4.78 is 4.21. The molecule has 0 amide bonds. The maximum Gasteiger partial charge on any atom is 1.00 e. The smallest absolute Gasteiger partial charge is 0.760 e. The van der Waals surface area contributed by atoms with Crippen LogP contribution in [-0.4, -0.2) is 4.37 Å². The first kappa shape index (κ1) is 15.1. The van der Waals surface area contributed by atoms with Gasteiger partial charge in [-0.05, 0) is 0 Å². The van der Waals surface area contributed by atoms with Gasteiger partial charge in [-0.3, -0.25) is 11.5 Å². The van der Waals surface area contributed by atoms with E-state index in [4.69, 9.17) is 17.9 Å². The van der Waals surface area contributed by atoms with Gasteiger partial charge in [0.2, 0.25) is 0 Å². The summed E-state index contributed by atoms with van der Waals surface area (Å²) in [5, 5.41) is 8.70. The van der Waals surface area contributed by atoms with E-state index in [1.54, 1.807) is 0 Å². The van der Waals surface area contributed by atoms with Crippen molar-refractivity contribution >= 4 is 36.8 Å². The second kappa shape index (κ2) is 7.01. The molecule has 0 saturated carbocycles. The van der Waals surface area contributed by atoms with E-state index < -0.39 is 0 Å². The molecule has 0 aromatic carbocycles. The quantitative estimate of drug-likeness (QED) is 0.322. The van der Waals surface area contributed by atoms with Crippen molar-refractivity contribution in [3.63, 3.8) is 0 Å². The zero-order chi connectivity index (χ0) is 6.85. The molecule has 0 aliphatic rings. The van der Waals surface area contributed by atoms with Crippen LogP contribution in [0.3, 0.4) is 0 Å². The molecule has 2 nitrogen and oxygen atoms in total. The minimum atomic E-state index is 0. The van der Waals surface area contributed by atoms with Gasteiger partial charge >= 0.3 is 59.1 Å². The fourth-order valence-corrected chi connectivity index (χ4v) is 1.49. The molecular weight excluding hydrogens is 218 g/mol. The molecule has 0 saturated heterocycles. The van der Waals surface area contributed by atoms with Crippen molar-refractivity contribution in [3.05, 3.63) is 5.56 Å². The molecule has 1 aromatic rings. The molecule has 0 unspecified atom stereocenters. The summed E-state index contributed by atoms with van der Waals surface area (Å²) in [5.41, 5.74) is 0.366. The van der Waals surface area contributed by atoms with Crippen LogP contribution in [0.1, 0.15) is 5.56 Å². The van der Waals surface area contributed by atoms with Crippen molar-refractivity contribution in [1.82, 2.24) is 4.37 Å². The Balaban J connectivity index is 0. The molecule has 46 valence electrons. The minimum absolute atomic E-state index is 0. The van der Waals surface area contributed by atoms with Gasteiger partial charge in [0, 0.05) is 5.56 Å². The number of hydrogen-bond donors (Lipinski definition) is 0. The SMILES string of the molecule is N#Cc1c([S-])nsc1[S-].[Na+].[Na+]. The Morgan fingerprint density at radius 3 is 2.09 bits per heavy atom. The predicted octanol–water partition coefficient (Wildman–Crippen LogP) is -5.17. The van der Waals surface area contributed by atoms with E-state index in [1.807, 2.05) is 6.07 Å². The molecule has 7 heteroatoms. The Labute approximate surface area is 124 Å². The van der Waals surface area contributed by atoms with Crippen molar-refractivity contribution < 1.29 is 59.1 Å². The molecule has 0 spiro atoms. The number of nitriles is 1. The van der Waals surface area contributed by atoms with E-state index in [2.05, 4.69) is 17.0 Å². The molecule has 0 bridgehead atoms. The Morgan fingerprint density at radius 1 is 1.36 bits per heavy atom. The average molecular weight is 218 g/mol. The maximum absolute atomic E-state index is 8.37. The first-order valence-electron chi connectivity index (χ1n) is 1.99. The van der Waals surface area contributed by atoms with Crippen molar-refractivity contribution in [2.75, 3.05) is 0 Å². The Hall–Kier alpha value is 1.56. The van der Waals surface area contributed by atoms with Crippen LogP contribution in [0.4, 0.5) is 0 Å². The summed E-state index contributed by atoms with van der Waals surface area (Å²) >= 11 is 10.5. The van der Waals surface area contributed by atoms with Crippen molar-refractivity contribution in [2.45, 2.75) is 9.24 Å². The summed E-state index contributed by atoms with van der Waals surface area (Å²) in [6.07, 6.45) is 0. The molecule has 0 N–H and O–H groups in total. The van der Waals surface area contributed by atoms with Gasteiger partial charge in [-0.25, -0.2) is 0 Å². The van der Waals surface area contributed by atoms with Crippen LogP contribution in [0.2, 0.25) is 0 Å². The van der Waals surface area contributed by atoms with Gasteiger partial charge in [-0.1, -0.05) is 9.24 Å². The molecule has 1 rings (SSSR count). The first-order chi connectivity index (χ1) is 4.25. The van der Waals surface area contributed by atoms with Crippen LogP contribution in [-0.2, 0) is 25.3 Å². The maximum atomic E-state index is 8.37. The van der Waals surface area contributed by atoms with E-state index in [0.29, 0.717) is 14.8 Å². The number of nitrogens with zero attached hydrogens (tertiary/aromatic N) is 2. The molecule has 0 aliphatic carbocycles. The van der Waals surface area contributed by atoms with E-state index >= 15 is 0 Å². The van der Waals surface area contributed by atoms with Crippen molar-refractivity contribution in [3.8, 4) is 6.07 Å². The molecule has 0 aliphatic heterocycles. The molecule has 11 heavy (non-hydrogen) atoms. The predicted molar refractivity (Wildman–Crippen MR) is 38.1 cm³/mol. The minimum Gasteiger partial charge on any atom is -0.760 e. The summed E-state index contributed by atoms with van der Waals surface area (Å²) in [4.78, 5) is 0. The number of aromatic nitrogens is 1. The van der Waals surface area contributed by atoms with Gasteiger partial charge in [-0.2, -0.15) is 5.26 Å². The van der Waals surface area contributed by atoms with E-state index in [0.717, 1.165) is 11.5 Å². The molecule has 0 fully saturated rings. The summed E-state index contributed by atoms with van der Waals surface area (Å²) in [7, 11) is 0. The molecular formula is C4N2Na2S3. The molecule has 1 heterocycles. The van der Waals surface area contributed by atoms with Crippen LogP contribution < -0.4 is 59.1 Å². The normalized spacial score (nSPS) is 7.18. The van der Waals surface area contributed by atoms with Crippen LogP contribution in [0.5, 0.6) is 0 Å². The van der Waals surface area contributed by atoms with Gasteiger partial charge in [-0.15, -0.1) is 0 Å². The second-order valence-corrected chi connectivity index (χ2v) is 3.09. The zero-order valence-electron chi connectivity index (χ0n) is 6.12. The van der Waals surface area contributed by atoms with Gasteiger partial charge in [0.25, 0.3) is 0 Å². The van der Waals surface area contributed by atoms with Gasteiger partial charge in [0.15, 0.2) is 0 Å². The topological polar surface area (TPSA) is 36.7 Å². The third-order valence-electron chi connectivity index (χ3n) is 0.741. The van der Waals surface area contributed by atoms with Crippen LogP contribution >= 0.6 is 11.5 Å². The van der Waals surface area contributed by atoms with E-state index in [1.165, 1.54) is 0 Å². The summed E-state index contributed by atoms with van der Waals surface area (Å²) in [6, 6.07) is 1.88. The first-order valence-corrected chi connectivity index (χ1v) is 3.58. The standard InChI is InChI=1S/C4H2N2S3.2Na/c5-1-2-3(7)6-9-4(2)8;;/h8H,(H,6,7);;/q;2*+1/p-2. The summed E-state index contributed by atoms with van der Waals surface area (Å²) in [6.45, 7) is 0. The largest absolute Gasteiger partial charge is 1.00 e. The van der Waals surface area contributed by atoms with Gasteiger partial charge in [0.1, 0.15) is 0 Å². The van der Waals surface area contributed by atoms with E-state index in [9.17, 15) is 0 Å². The Morgan fingerprint density at radius 2 is 1.91 bits per heavy atom. The Bertz CT molecular complexity index is 247. The van der Waals surface area contributed by atoms with Crippen LogP contribution in [0, 0.1) is 11.3 Å². The van der Waals surface area contributed by atoms with Gasteiger partial charge in [0.05, 0.1) is 6.07 Å². The van der Waals surface area contributed by atoms with Crippen molar-refractivity contribution in [2.24, 2.45) is 0 Å². The summed E-state index contributed by atoms with van der Waals surface area (Å²) in [5.74, 6) is 0. The molecule has 0 atom stereocenters.